The van der Waals surface area contributed by atoms with Gasteiger partial charge in [0.15, 0.2) is 0 Å². The fraction of sp³-hybridized carbons (Fsp3) is 0.143. The molecule has 0 aliphatic rings. The maximum absolute atomic E-state index is 12.0. The van der Waals surface area contributed by atoms with E-state index in [0.717, 1.165) is 5.56 Å². The first kappa shape index (κ1) is 16.6. The van der Waals surface area contributed by atoms with Gasteiger partial charge in [-0.3, -0.25) is 0 Å². The zero-order valence-electron chi connectivity index (χ0n) is 11.9. The molecule has 8 heteroatoms. The smallest absolute Gasteiger partial charge is 0.211 e. The lowest BCUT2D eigenvalue weighted by atomic mass is 10.2. The standard InChI is InChI=1S/C14H16N2O4S2/c1-12-7-9-14(10-8-12)22(19,20)16-15-21(17,18)11-13-5-3-2-4-6-13/h2-10,15-16H,11H2,1H3. The maximum Gasteiger partial charge on any atom is 0.254 e. The van der Waals surface area contributed by atoms with Gasteiger partial charge >= 0.3 is 0 Å². The van der Waals surface area contributed by atoms with E-state index in [1.807, 2.05) is 16.6 Å². The molecule has 0 fully saturated rings. The van der Waals surface area contributed by atoms with Crippen LogP contribution in [-0.2, 0) is 25.8 Å². The molecule has 0 bridgehead atoms. The molecular weight excluding hydrogens is 324 g/mol. The highest BCUT2D eigenvalue weighted by molar-refractivity contribution is 7.92. The van der Waals surface area contributed by atoms with Crippen LogP contribution in [0.3, 0.4) is 0 Å². The molecule has 2 N–H and O–H groups in total. The molecule has 0 radical (unpaired) electrons. The molecule has 2 aromatic carbocycles. The molecule has 6 nitrogen and oxygen atoms in total. The minimum absolute atomic E-state index is 0.0134. The van der Waals surface area contributed by atoms with Crippen molar-refractivity contribution in [2.75, 3.05) is 0 Å². The zero-order chi connectivity index (χ0) is 16.2. The Morgan fingerprint density at radius 1 is 0.818 bits per heavy atom. The lowest BCUT2D eigenvalue weighted by Crippen LogP contribution is -2.42. The molecule has 118 valence electrons. The molecule has 0 heterocycles. The van der Waals surface area contributed by atoms with Crippen molar-refractivity contribution >= 4 is 20.0 Å². The van der Waals surface area contributed by atoms with Gasteiger partial charge in [-0.05, 0) is 24.6 Å². The van der Waals surface area contributed by atoms with E-state index >= 15 is 0 Å². The van der Waals surface area contributed by atoms with E-state index in [1.165, 1.54) is 12.1 Å². The van der Waals surface area contributed by atoms with Gasteiger partial charge in [0.05, 0.1) is 10.6 Å². The van der Waals surface area contributed by atoms with Crippen molar-refractivity contribution in [2.45, 2.75) is 17.6 Å². The monoisotopic (exact) mass is 340 g/mol. The molecule has 2 rings (SSSR count). The van der Waals surface area contributed by atoms with Gasteiger partial charge in [-0.2, -0.15) is 0 Å². The Hall–Kier alpha value is -1.74. The molecular formula is C14H16N2O4S2. The molecule has 0 spiro atoms. The third-order valence-corrected chi connectivity index (χ3v) is 5.38. The van der Waals surface area contributed by atoms with Crippen molar-refractivity contribution in [3.63, 3.8) is 0 Å². The summed E-state index contributed by atoms with van der Waals surface area (Å²) in [6.45, 7) is 1.83. The number of aryl methyl sites for hydroxylation is 1. The summed E-state index contributed by atoms with van der Waals surface area (Å²) in [7, 11) is -7.77. The lowest BCUT2D eigenvalue weighted by molar-refractivity contribution is 0.557. The Morgan fingerprint density at radius 2 is 1.41 bits per heavy atom. The van der Waals surface area contributed by atoms with E-state index in [9.17, 15) is 16.8 Å². The number of nitrogens with one attached hydrogen (secondary N) is 2. The average molecular weight is 340 g/mol. The van der Waals surface area contributed by atoms with Crippen LogP contribution in [0.2, 0.25) is 0 Å². The van der Waals surface area contributed by atoms with E-state index in [0.29, 0.717) is 5.56 Å². The van der Waals surface area contributed by atoms with Gasteiger partial charge in [-0.1, -0.05) is 48.0 Å². The molecule has 22 heavy (non-hydrogen) atoms. The molecule has 0 saturated carbocycles. The first-order valence-electron chi connectivity index (χ1n) is 6.40. The Bertz CT molecular complexity index is 830. The number of benzene rings is 2. The van der Waals surface area contributed by atoms with E-state index in [2.05, 4.69) is 0 Å². The molecule has 0 aromatic heterocycles. The summed E-state index contributed by atoms with van der Waals surface area (Å²) >= 11 is 0. The molecule has 0 saturated heterocycles. The second kappa shape index (κ2) is 6.57. The predicted molar refractivity (Wildman–Crippen MR) is 83.7 cm³/mol. The first-order valence-corrected chi connectivity index (χ1v) is 9.54. The summed E-state index contributed by atoms with van der Waals surface area (Å²) in [6.07, 6.45) is 0. The fourth-order valence-corrected chi connectivity index (χ4v) is 3.99. The summed E-state index contributed by atoms with van der Waals surface area (Å²) in [5, 5.41) is 0. The van der Waals surface area contributed by atoms with Gasteiger partial charge in [-0.15, -0.1) is 9.66 Å². The Kier molecular flexibility index (Phi) is 4.97. The zero-order valence-corrected chi connectivity index (χ0v) is 13.5. The lowest BCUT2D eigenvalue weighted by Gasteiger charge is -2.09. The van der Waals surface area contributed by atoms with Crippen molar-refractivity contribution in [3.8, 4) is 0 Å². The van der Waals surface area contributed by atoms with Gasteiger partial charge in [-0.25, -0.2) is 16.8 Å². The van der Waals surface area contributed by atoms with Gasteiger partial charge < -0.3 is 0 Å². The van der Waals surface area contributed by atoms with Crippen molar-refractivity contribution < 1.29 is 16.8 Å². The SMILES string of the molecule is Cc1ccc(S(=O)(=O)NNS(=O)(=O)Cc2ccccc2)cc1. The summed E-state index contributed by atoms with van der Waals surface area (Å²) in [6, 6.07) is 14.6. The second-order valence-corrected chi connectivity index (χ2v) is 8.17. The highest BCUT2D eigenvalue weighted by atomic mass is 32.2. The highest BCUT2D eigenvalue weighted by Crippen LogP contribution is 2.09. The van der Waals surface area contributed by atoms with Crippen LogP contribution in [-0.4, -0.2) is 16.8 Å². The topological polar surface area (TPSA) is 92.3 Å². The number of hydrogen-bond donors (Lipinski definition) is 2. The van der Waals surface area contributed by atoms with E-state index in [4.69, 9.17) is 0 Å². The largest absolute Gasteiger partial charge is 0.254 e. The molecule has 0 aliphatic heterocycles. The van der Waals surface area contributed by atoms with Crippen molar-refractivity contribution in [1.29, 1.82) is 0 Å². The van der Waals surface area contributed by atoms with Crippen LogP contribution in [0.4, 0.5) is 0 Å². The molecule has 0 aliphatic carbocycles. The Labute approximate surface area is 130 Å². The van der Waals surface area contributed by atoms with Crippen LogP contribution in [0, 0.1) is 6.92 Å². The number of hydrazine groups is 1. The highest BCUT2D eigenvalue weighted by Gasteiger charge is 2.18. The van der Waals surface area contributed by atoms with E-state index in [1.54, 1.807) is 42.5 Å². The molecule has 0 atom stereocenters. The van der Waals surface area contributed by atoms with Crippen molar-refractivity contribution in [3.05, 3.63) is 65.7 Å². The molecule has 2 aromatic rings. The normalized spacial score (nSPS) is 12.2. The van der Waals surface area contributed by atoms with Crippen LogP contribution < -0.4 is 9.66 Å². The quantitative estimate of drug-likeness (QED) is 0.776. The first-order chi connectivity index (χ1) is 10.3. The van der Waals surface area contributed by atoms with Crippen LogP contribution in [0.5, 0.6) is 0 Å². The van der Waals surface area contributed by atoms with Crippen molar-refractivity contribution in [1.82, 2.24) is 9.66 Å². The Morgan fingerprint density at radius 3 is 2.00 bits per heavy atom. The van der Waals surface area contributed by atoms with E-state index < -0.39 is 20.0 Å². The minimum atomic E-state index is -3.94. The van der Waals surface area contributed by atoms with Gasteiger partial charge in [0.1, 0.15) is 0 Å². The summed E-state index contributed by atoms with van der Waals surface area (Å²) in [5.74, 6) is -0.315. The number of sulfonamides is 2. The van der Waals surface area contributed by atoms with Crippen LogP contribution in [0.1, 0.15) is 11.1 Å². The third kappa shape index (κ3) is 4.63. The number of hydrogen-bond acceptors (Lipinski definition) is 4. The van der Waals surface area contributed by atoms with Gasteiger partial charge in [0.2, 0.25) is 10.0 Å². The van der Waals surface area contributed by atoms with E-state index in [-0.39, 0.29) is 10.6 Å². The fourth-order valence-electron chi connectivity index (χ4n) is 1.72. The summed E-state index contributed by atoms with van der Waals surface area (Å²) in [4.78, 5) is 3.77. The average Bonchev–Trinajstić information content (AvgIpc) is 2.47. The van der Waals surface area contributed by atoms with Crippen LogP contribution in [0.25, 0.3) is 0 Å². The van der Waals surface area contributed by atoms with Crippen LogP contribution in [0.15, 0.2) is 59.5 Å². The summed E-state index contributed by atoms with van der Waals surface area (Å²) in [5.41, 5.74) is 1.47. The van der Waals surface area contributed by atoms with Crippen LogP contribution >= 0.6 is 0 Å². The number of rotatable bonds is 6. The Balaban J connectivity index is 2.06. The second-order valence-electron chi connectivity index (χ2n) is 4.77. The maximum atomic E-state index is 12.0. The third-order valence-electron chi connectivity index (χ3n) is 2.86. The summed E-state index contributed by atoms with van der Waals surface area (Å²) < 4.78 is 47.8. The molecule has 0 amide bonds. The van der Waals surface area contributed by atoms with Crippen molar-refractivity contribution in [2.24, 2.45) is 0 Å². The minimum Gasteiger partial charge on any atom is -0.211 e. The molecule has 0 unspecified atom stereocenters. The van der Waals surface area contributed by atoms with Gasteiger partial charge in [0, 0.05) is 0 Å². The van der Waals surface area contributed by atoms with Gasteiger partial charge in [0.25, 0.3) is 10.0 Å². The predicted octanol–water partition coefficient (Wildman–Crippen LogP) is 1.31.